The molecule has 1 N–H and O–H groups in total. The first-order valence-electron chi connectivity index (χ1n) is 9.92. The van der Waals surface area contributed by atoms with Crippen molar-refractivity contribution in [1.29, 1.82) is 0 Å². The van der Waals surface area contributed by atoms with Gasteiger partial charge in [-0.15, -0.1) is 0 Å². The van der Waals surface area contributed by atoms with Crippen molar-refractivity contribution in [3.05, 3.63) is 102 Å². The van der Waals surface area contributed by atoms with Gasteiger partial charge < -0.3 is 10.2 Å². The van der Waals surface area contributed by atoms with E-state index in [0.717, 1.165) is 16.8 Å². The molecule has 3 aromatic carbocycles. The number of hydrogen-bond donors (Lipinski definition) is 1. The molecule has 1 heterocycles. The fourth-order valence-corrected chi connectivity index (χ4v) is 4.12. The Hall–Kier alpha value is -3.40. The number of rotatable bonds is 3. The smallest absolute Gasteiger partial charge is 0.309 e. The summed E-state index contributed by atoms with van der Waals surface area (Å²) in [7, 11) is 0. The molecule has 29 heavy (non-hydrogen) atoms. The number of nitrogens with one attached hydrogen (secondary N) is 1. The highest BCUT2D eigenvalue weighted by molar-refractivity contribution is 5.93. The number of Topliss-reactive ketones (excluding diaryl/α,β-unsaturated/α-hetero) is 1. The van der Waals surface area contributed by atoms with Crippen molar-refractivity contribution in [2.75, 3.05) is 5.32 Å². The summed E-state index contributed by atoms with van der Waals surface area (Å²) in [5.74, 6) is -0.102. The zero-order valence-electron chi connectivity index (χ0n) is 16.4. The van der Waals surface area contributed by atoms with E-state index in [2.05, 4.69) is 5.32 Å². The van der Waals surface area contributed by atoms with E-state index < -0.39 is 0 Å². The minimum absolute atomic E-state index is 0.177. The summed E-state index contributed by atoms with van der Waals surface area (Å²) in [5, 5.41) is 3.02. The standard InChI is InChI=1S/C25H24N2O2/c1-18-23(28)17-22(19-11-5-2-6-12-19)27(24(18)20-13-7-3-8-14-20)25(29)26-21-15-9-4-10-16-21/h2-16,18,22,24H,17H2,1H3,(H,26,29). The number of piperidine rings is 1. The molecule has 0 aliphatic carbocycles. The zero-order chi connectivity index (χ0) is 20.2. The van der Waals surface area contributed by atoms with Crippen molar-refractivity contribution < 1.29 is 9.59 Å². The number of nitrogens with zero attached hydrogens (tertiary/aromatic N) is 1. The van der Waals surface area contributed by atoms with Gasteiger partial charge in [0.05, 0.1) is 12.1 Å². The van der Waals surface area contributed by atoms with Crippen LogP contribution >= 0.6 is 0 Å². The van der Waals surface area contributed by atoms with Crippen LogP contribution in [0.4, 0.5) is 10.5 Å². The monoisotopic (exact) mass is 384 g/mol. The van der Waals surface area contributed by atoms with Crippen molar-refractivity contribution in [2.45, 2.75) is 25.4 Å². The van der Waals surface area contributed by atoms with Crippen molar-refractivity contribution >= 4 is 17.5 Å². The first-order valence-corrected chi connectivity index (χ1v) is 9.92. The molecule has 4 nitrogen and oxygen atoms in total. The summed E-state index contributed by atoms with van der Waals surface area (Å²) in [4.78, 5) is 28.3. The second-order valence-electron chi connectivity index (χ2n) is 7.44. The van der Waals surface area contributed by atoms with Gasteiger partial charge in [0.2, 0.25) is 0 Å². The van der Waals surface area contributed by atoms with E-state index in [-0.39, 0.29) is 29.8 Å². The van der Waals surface area contributed by atoms with Crippen LogP contribution in [0.15, 0.2) is 91.0 Å². The van der Waals surface area contributed by atoms with Crippen LogP contribution in [0.2, 0.25) is 0 Å². The summed E-state index contributed by atoms with van der Waals surface area (Å²) >= 11 is 0. The van der Waals surface area contributed by atoms with Crippen molar-refractivity contribution in [2.24, 2.45) is 5.92 Å². The molecule has 1 saturated heterocycles. The average molecular weight is 384 g/mol. The molecule has 3 unspecified atom stereocenters. The van der Waals surface area contributed by atoms with Crippen LogP contribution in [0.25, 0.3) is 0 Å². The maximum absolute atomic E-state index is 13.5. The van der Waals surface area contributed by atoms with Gasteiger partial charge in [0, 0.05) is 18.0 Å². The fourth-order valence-electron chi connectivity index (χ4n) is 4.12. The third-order valence-electron chi connectivity index (χ3n) is 5.60. The maximum atomic E-state index is 13.5. The molecular formula is C25H24N2O2. The number of ketones is 1. The second kappa shape index (κ2) is 8.31. The normalized spacial score (nSPS) is 21.6. The lowest BCUT2D eigenvalue weighted by Gasteiger charge is -2.45. The number of likely N-dealkylation sites (tertiary alicyclic amines) is 1. The van der Waals surface area contributed by atoms with Crippen LogP contribution in [-0.4, -0.2) is 16.7 Å². The van der Waals surface area contributed by atoms with Gasteiger partial charge in [0.1, 0.15) is 5.78 Å². The molecule has 146 valence electrons. The van der Waals surface area contributed by atoms with E-state index in [9.17, 15) is 9.59 Å². The summed E-state index contributed by atoms with van der Waals surface area (Å²) in [6.45, 7) is 1.92. The van der Waals surface area contributed by atoms with Gasteiger partial charge in [-0.1, -0.05) is 85.8 Å². The maximum Gasteiger partial charge on any atom is 0.322 e. The quantitative estimate of drug-likeness (QED) is 0.638. The minimum atomic E-state index is -0.327. The van der Waals surface area contributed by atoms with Crippen LogP contribution in [0, 0.1) is 5.92 Å². The highest BCUT2D eigenvalue weighted by Crippen LogP contribution is 2.43. The molecule has 0 bridgehead atoms. The van der Waals surface area contributed by atoms with E-state index in [1.807, 2.05) is 103 Å². The average Bonchev–Trinajstić information content (AvgIpc) is 2.77. The Bertz CT molecular complexity index is 973. The molecule has 4 heteroatoms. The highest BCUT2D eigenvalue weighted by atomic mass is 16.2. The lowest BCUT2D eigenvalue weighted by Crippen LogP contribution is -2.49. The van der Waals surface area contributed by atoms with Crippen molar-refractivity contribution in [3.63, 3.8) is 0 Å². The summed E-state index contributed by atoms with van der Waals surface area (Å²) in [5.41, 5.74) is 2.68. The lowest BCUT2D eigenvalue weighted by molar-refractivity contribution is -0.129. The number of amides is 2. The van der Waals surface area contributed by atoms with Crippen LogP contribution in [0.3, 0.4) is 0 Å². The first-order chi connectivity index (χ1) is 14.1. The number of para-hydroxylation sites is 1. The van der Waals surface area contributed by atoms with E-state index in [1.165, 1.54) is 0 Å². The Morgan fingerprint density at radius 2 is 1.34 bits per heavy atom. The van der Waals surface area contributed by atoms with Gasteiger partial charge in [0.25, 0.3) is 0 Å². The fraction of sp³-hybridized carbons (Fsp3) is 0.200. The SMILES string of the molecule is CC1C(=O)CC(c2ccccc2)N(C(=O)Nc2ccccc2)C1c1ccccc1. The summed E-state index contributed by atoms with van der Waals surface area (Å²) < 4.78 is 0. The molecule has 1 fully saturated rings. The molecule has 0 spiro atoms. The van der Waals surface area contributed by atoms with Gasteiger partial charge in [-0.05, 0) is 23.3 Å². The Balaban J connectivity index is 1.77. The van der Waals surface area contributed by atoms with Gasteiger partial charge in [-0.25, -0.2) is 4.79 Å². The van der Waals surface area contributed by atoms with Gasteiger partial charge >= 0.3 is 6.03 Å². The topological polar surface area (TPSA) is 49.4 Å². The van der Waals surface area contributed by atoms with E-state index in [0.29, 0.717) is 6.42 Å². The Morgan fingerprint density at radius 3 is 1.93 bits per heavy atom. The molecule has 2 amide bonds. The number of carbonyl (C=O) groups excluding carboxylic acids is 2. The molecule has 0 saturated carbocycles. The van der Waals surface area contributed by atoms with Crippen LogP contribution in [-0.2, 0) is 4.79 Å². The van der Waals surface area contributed by atoms with E-state index in [1.54, 1.807) is 0 Å². The second-order valence-corrected chi connectivity index (χ2v) is 7.44. The molecule has 3 atom stereocenters. The van der Waals surface area contributed by atoms with E-state index in [4.69, 9.17) is 0 Å². The molecule has 0 aromatic heterocycles. The third-order valence-corrected chi connectivity index (χ3v) is 5.60. The number of anilines is 1. The number of carbonyl (C=O) groups is 2. The Labute approximate surface area is 171 Å². The first kappa shape index (κ1) is 18.9. The number of hydrogen-bond acceptors (Lipinski definition) is 2. The molecule has 3 aromatic rings. The summed E-state index contributed by atoms with van der Waals surface area (Å²) in [6.07, 6.45) is 0.316. The van der Waals surface area contributed by atoms with Gasteiger partial charge in [-0.3, -0.25) is 4.79 Å². The van der Waals surface area contributed by atoms with Gasteiger partial charge in [-0.2, -0.15) is 0 Å². The third kappa shape index (κ3) is 3.92. The molecule has 0 radical (unpaired) electrons. The minimum Gasteiger partial charge on any atom is -0.309 e. The van der Waals surface area contributed by atoms with Crippen LogP contribution < -0.4 is 5.32 Å². The van der Waals surface area contributed by atoms with Crippen LogP contribution in [0.5, 0.6) is 0 Å². The Kier molecular flexibility index (Phi) is 5.43. The summed E-state index contributed by atoms with van der Waals surface area (Å²) in [6, 6.07) is 28.2. The highest BCUT2D eigenvalue weighted by Gasteiger charge is 2.43. The largest absolute Gasteiger partial charge is 0.322 e. The molecule has 4 rings (SSSR count). The molecule has 1 aliphatic rings. The number of urea groups is 1. The van der Waals surface area contributed by atoms with E-state index >= 15 is 0 Å². The predicted octanol–water partition coefficient (Wildman–Crippen LogP) is 5.61. The molecular weight excluding hydrogens is 360 g/mol. The zero-order valence-corrected chi connectivity index (χ0v) is 16.4. The van der Waals surface area contributed by atoms with Crippen molar-refractivity contribution in [1.82, 2.24) is 4.90 Å². The Morgan fingerprint density at radius 1 is 0.828 bits per heavy atom. The molecule has 1 aliphatic heterocycles. The van der Waals surface area contributed by atoms with Gasteiger partial charge in [0.15, 0.2) is 0 Å². The van der Waals surface area contributed by atoms with Crippen molar-refractivity contribution in [3.8, 4) is 0 Å². The lowest BCUT2D eigenvalue weighted by atomic mass is 9.80. The van der Waals surface area contributed by atoms with Crippen LogP contribution in [0.1, 0.15) is 36.6 Å². The number of benzene rings is 3. The predicted molar refractivity (Wildman–Crippen MR) is 114 cm³/mol.